The molecule has 1 aromatic carbocycles. The van der Waals surface area contributed by atoms with Crippen molar-refractivity contribution in [3.8, 4) is 5.75 Å². The van der Waals surface area contributed by atoms with Gasteiger partial charge in [0.25, 0.3) is 11.8 Å². The Kier molecular flexibility index (Phi) is 5.21. The molecule has 0 spiro atoms. The lowest BCUT2D eigenvalue weighted by Crippen LogP contribution is -2.42. The Labute approximate surface area is 175 Å². The second-order valence-electron chi connectivity index (χ2n) is 8.17. The number of benzene rings is 1. The SMILES string of the molecule is COc1ccc(C)cc1N1C(=O)C(c2cccs2)=C(N2CC(C)CC(C)C2)C1=O. The molecular formula is C23H26N2O3S. The average molecular weight is 411 g/mol. The van der Waals surface area contributed by atoms with Gasteiger partial charge < -0.3 is 9.64 Å². The third-order valence-corrected chi connectivity index (χ3v) is 6.47. The number of methoxy groups -OCH3 is 1. The fourth-order valence-electron chi connectivity index (χ4n) is 4.49. The Morgan fingerprint density at radius 1 is 1.07 bits per heavy atom. The molecule has 0 radical (unpaired) electrons. The quantitative estimate of drug-likeness (QED) is 0.704. The van der Waals surface area contributed by atoms with E-state index in [-0.39, 0.29) is 11.8 Å². The molecule has 2 aliphatic rings. The number of imide groups is 1. The summed E-state index contributed by atoms with van der Waals surface area (Å²) in [6, 6.07) is 9.39. The summed E-state index contributed by atoms with van der Waals surface area (Å²) < 4.78 is 5.47. The first kappa shape index (κ1) is 19.7. The maximum atomic E-state index is 13.7. The van der Waals surface area contributed by atoms with Crippen LogP contribution in [0.4, 0.5) is 5.69 Å². The number of aryl methyl sites for hydroxylation is 1. The minimum Gasteiger partial charge on any atom is -0.495 e. The smallest absolute Gasteiger partial charge is 0.282 e. The third-order valence-electron chi connectivity index (χ3n) is 5.59. The number of ether oxygens (including phenoxy) is 1. The fourth-order valence-corrected chi connectivity index (χ4v) is 5.26. The molecule has 0 aliphatic carbocycles. The van der Waals surface area contributed by atoms with Gasteiger partial charge >= 0.3 is 0 Å². The van der Waals surface area contributed by atoms with Crippen LogP contribution in [-0.2, 0) is 9.59 Å². The topological polar surface area (TPSA) is 49.9 Å². The van der Waals surface area contributed by atoms with Crippen molar-refractivity contribution in [2.24, 2.45) is 11.8 Å². The van der Waals surface area contributed by atoms with Crippen LogP contribution in [0, 0.1) is 18.8 Å². The van der Waals surface area contributed by atoms with Gasteiger partial charge in [0.2, 0.25) is 0 Å². The summed E-state index contributed by atoms with van der Waals surface area (Å²) in [7, 11) is 1.56. The Hall–Kier alpha value is -2.60. The van der Waals surface area contributed by atoms with Crippen molar-refractivity contribution in [3.05, 3.63) is 51.8 Å². The standard InChI is InChI=1S/C23H26N2O3S/c1-14-7-8-18(28-4)17(11-14)25-22(26)20(19-6-5-9-29-19)21(23(25)27)24-12-15(2)10-16(3)13-24/h5-9,11,15-16H,10,12-13H2,1-4H3. The summed E-state index contributed by atoms with van der Waals surface area (Å²) in [4.78, 5) is 31.5. The first-order valence-electron chi connectivity index (χ1n) is 9.97. The Bertz CT molecular complexity index is 970. The highest BCUT2D eigenvalue weighted by Crippen LogP contribution is 2.41. The molecule has 2 amide bonds. The molecule has 0 N–H and O–H groups in total. The molecule has 1 fully saturated rings. The van der Waals surface area contributed by atoms with Gasteiger partial charge in [0, 0.05) is 18.0 Å². The molecule has 5 nitrogen and oxygen atoms in total. The van der Waals surface area contributed by atoms with E-state index in [1.165, 1.54) is 16.2 Å². The van der Waals surface area contributed by atoms with Gasteiger partial charge in [-0.1, -0.05) is 26.0 Å². The predicted octanol–water partition coefficient (Wildman–Crippen LogP) is 4.33. The van der Waals surface area contributed by atoms with Gasteiger partial charge in [0.15, 0.2) is 0 Å². The zero-order chi connectivity index (χ0) is 20.7. The molecule has 1 saturated heterocycles. The van der Waals surface area contributed by atoms with Crippen LogP contribution in [0.3, 0.4) is 0 Å². The number of carbonyl (C=O) groups is 2. The third kappa shape index (κ3) is 3.46. The number of piperidine rings is 1. The molecule has 2 unspecified atom stereocenters. The highest BCUT2D eigenvalue weighted by molar-refractivity contribution is 7.11. The highest BCUT2D eigenvalue weighted by atomic mass is 32.1. The van der Waals surface area contributed by atoms with Gasteiger partial charge in [-0.05, 0) is 54.3 Å². The molecule has 4 rings (SSSR count). The number of hydrogen-bond donors (Lipinski definition) is 0. The zero-order valence-electron chi connectivity index (χ0n) is 17.3. The number of thiophene rings is 1. The van der Waals surface area contributed by atoms with Crippen molar-refractivity contribution in [2.75, 3.05) is 25.1 Å². The van der Waals surface area contributed by atoms with E-state index in [1.807, 2.05) is 36.6 Å². The summed E-state index contributed by atoms with van der Waals surface area (Å²) in [6.45, 7) is 7.92. The number of rotatable bonds is 4. The van der Waals surface area contributed by atoms with E-state index in [0.717, 1.165) is 30.0 Å². The second kappa shape index (κ2) is 7.67. The lowest BCUT2D eigenvalue weighted by Gasteiger charge is -2.37. The first-order valence-corrected chi connectivity index (χ1v) is 10.8. The summed E-state index contributed by atoms with van der Waals surface area (Å²) in [5.41, 5.74) is 2.51. The number of hydrogen-bond acceptors (Lipinski definition) is 5. The minimum absolute atomic E-state index is 0.261. The van der Waals surface area contributed by atoms with Crippen LogP contribution >= 0.6 is 11.3 Å². The fraction of sp³-hybridized carbons (Fsp3) is 0.391. The first-order chi connectivity index (χ1) is 13.9. The van der Waals surface area contributed by atoms with Gasteiger partial charge in [0.05, 0.1) is 18.4 Å². The van der Waals surface area contributed by atoms with Crippen molar-refractivity contribution in [3.63, 3.8) is 0 Å². The summed E-state index contributed by atoms with van der Waals surface area (Å²) in [5, 5.41) is 1.94. The van der Waals surface area contributed by atoms with E-state index >= 15 is 0 Å². The Morgan fingerprint density at radius 2 is 1.79 bits per heavy atom. The van der Waals surface area contributed by atoms with Crippen LogP contribution in [0.1, 0.15) is 30.7 Å². The van der Waals surface area contributed by atoms with Crippen LogP contribution in [0.15, 0.2) is 41.4 Å². The van der Waals surface area contributed by atoms with Crippen molar-refractivity contribution < 1.29 is 14.3 Å². The lowest BCUT2D eigenvalue weighted by atomic mass is 9.91. The van der Waals surface area contributed by atoms with Gasteiger partial charge in [-0.3, -0.25) is 9.59 Å². The second-order valence-corrected chi connectivity index (χ2v) is 9.12. The molecule has 0 bridgehead atoms. The summed E-state index contributed by atoms with van der Waals surface area (Å²) in [6.07, 6.45) is 1.13. The van der Waals surface area contributed by atoms with E-state index in [2.05, 4.69) is 18.7 Å². The molecule has 1 aromatic heterocycles. The summed E-state index contributed by atoms with van der Waals surface area (Å²) >= 11 is 1.49. The van der Waals surface area contributed by atoms with Crippen LogP contribution in [-0.4, -0.2) is 36.9 Å². The summed E-state index contributed by atoms with van der Waals surface area (Å²) in [5.74, 6) is 0.929. The highest BCUT2D eigenvalue weighted by Gasteiger charge is 2.44. The number of amides is 2. The van der Waals surface area contributed by atoms with E-state index in [4.69, 9.17) is 4.74 Å². The van der Waals surface area contributed by atoms with E-state index < -0.39 is 0 Å². The molecule has 29 heavy (non-hydrogen) atoms. The Morgan fingerprint density at radius 3 is 2.41 bits per heavy atom. The van der Waals surface area contributed by atoms with Gasteiger partial charge in [0.1, 0.15) is 11.4 Å². The number of nitrogens with zero attached hydrogens (tertiary/aromatic N) is 2. The van der Waals surface area contributed by atoms with Crippen LogP contribution in [0.25, 0.3) is 5.57 Å². The van der Waals surface area contributed by atoms with Gasteiger partial charge in [-0.25, -0.2) is 4.90 Å². The molecule has 2 aliphatic heterocycles. The van der Waals surface area contributed by atoms with Crippen molar-refractivity contribution >= 4 is 34.4 Å². The Balaban J connectivity index is 1.84. The molecular weight excluding hydrogens is 384 g/mol. The molecule has 3 heterocycles. The zero-order valence-corrected chi connectivity index (χ0v) is 18.1. The largest absolute Gasteiger partial charge is 0.495 e. The predicted molar refractivity (Wildman–Crippen MR) is 116 cm³/mol. The number of likely N-dealkylation sites (tertiary alicyclic amines) is 1. The van der Waals surface area contributed by atoms with Crippen LogP contribution in [0.5, 0.6) is 5.75 Å². The number of carbonyl (C=O) groups excluding carboxylic acids is 2. The van der Waals surface area contributed by atoms with Crippen molar-refractivity contribution in [1.82, 2.24) is 4.90 Å². The van der Waals surface area contributed by atoms with E-state index in [9.17, 15) is 9.59 Å². The minimum atomic E-state index is -0.276. The maximum absolute atomic E-state index is 13.7. The number of anilines is 1. The van der Waals surface area contributed by atoms with E-state index in [1.54, 1.807) is 13.2 Å². The van der Waals surface area contributed by atoms with E-state index in [0.29, 0.717) is 34.5 Å². The molecule has 152 valence electrons. The molecule has 2 aromatic rings. The van der Waals surface area contributed by atoms with Gasteiger partial charge in [-0.2, -0.15) is 0 Å². The molecule has 2 atom stereocenters. The van der Waals surface area contributed by atoms with Crippen molar-refractivity contribution in [2.45, 2.75) is 27.2 Å². The normalized spacial score (nSPS) is 22.6. The molecule has 0 saturated carbocycles. The maximum Gasteiger partial charge on any atom is 0.282 e. The lowest BCUT2D eigenvalue weighted by molar-refractivity contribution is -0.120. The van der Waals surface area contributed by atoms with Crippen LogP contribution in [0.2, 0.25) is 0 Å². The van der Waals surface area contributed by atoms with Crippen LogP contribution < -0.4 is 9.64 Å². The molecule has 6 heteroatoms. The van der Waals surface area contributed by atoms with Gasteiger partial charge in [-0.15, -0.1) is 11.3 Å². The average Bonchev–Trinajstić information content (AvgIpc) is 3.27. The van der Waals surface area contributed by atoms with Crippen molar-refractivity contribution in [1.29, 1.82) is 0 Å². The monoisotopic (exact) mass is 410 g/mol.